The molecule has 1 N–H and O–H groups in total. The van der Waals surface area contributed by atoms with Crippen molar-refractivity contribution in [1.82, 2.24) is 4.98 Å². The van der Waals surface area contributed by atoms with Crippen LogP contribution in [0.15, 0.2) is 18.3 Å². The van der Waals surface area contributed by atoms with Crippen LogP contribution in [0.2, 0.25) is 0 Å². The molecule has 5 heteroatoms. The van der Waals surface area contributed by atoms with E-state index in [0.29, 0.717) is 0 Å². The first kappa shape index (κ1) is 14.0. The molecule has 0 aliphatic heterocycles. The molecule has 0 saturated carbocycles. The number of pyridine rings is 1. The normalized spacial score (nSPS) is 14.8. The number of aromatic nitrogens is 1. The van der Waals surface area contributed by atoms with Gasteiger partial charge in [-0.3, -0.25) is 4.98 Å². The smallest absolute Gasteiger partial charge is 0.392 e. The SMILES string of the molecule is CC(C)(C)C(O)Cc1cc(C(F)(F)F)ccn1. The zero-order valence-electron chi connectivity index (χ0n) is 10.0. The van der Waals surface area contributed by atoms with Gasteiger partial charge >= 0.3 is 6.18 Å². The molecule has 0 saturated heterocycles. The van der Waals surface area contributed by atoms with Gasteiger partial charge in [-0.25, -0.2) is 0 Å². The highest BCUT2D eigenvalue weighted by Crippen LogP contribution is 2.30. The van der Waals surface area contributed by atoms with E-state index in [9.17, 15) is 18.3 Å². The van der Waals surface area contributed by atoms with Crippen LogP contribution in [-0.4, -0.2) is 16.2 Å². The summed E-state index contributed by atoms with van der Waals surface area (Å²) in [4.78, 5) is 3.85. The van der Waals surface area contributed by atoms with Crippen LogP contribution < -0.4 is 0 Å². The largest absolute Gasteiger partial charge is 0.416 e. The molecule has 2 nitrogen and oxygen atoms in total. The highest BCUT2D eigenvalue weighted by atomic mass is 19.4. The third-order valence-corrected chi connectivity index (χ3v) is 2.55. The minimum atomic E-state index is -4.37. The Kier molecular flexibility index (Phi) is 3.81. The van der Waals surface area contributed by atoms with Crippen LogP contribution in [0.4, 0.5) is 13.2 Å². The molecule has 1 aromatic rings. The van der Waals surface area contributed by atoms with Gasteiger partial charge in [0.1, 0.15) is 0 Å². The fourth-order valence-corrected chi connectivity index (χ4v) is 1.27. The summed E-state index contributed by atoms with van der Waals surface area (Å²) in [7, 11) is 0. The van der Waals surface area contributed by atoms with E-state index in [1.807, 2.05) is 20.8 Å². The fraction of sp³-hybridized carbons (Fsp3) is 0.583. The fourth-order valence-electron chi connectivity index (χ4n) is 1.27. The molecule has 17 heavy (non-hydrogen) atoms. The first-order chi connectivity index (χ1) is 7.60. The number of hydrogen-bond donors (Lipinski definition) is 1. The molecule has 0 amide bonds. The van der Waals surface area contributed by atoms with E-state index in [1.165, 1.54) is 0 Å². The van der Waals surface area contributed by atoms with Crippen LogP contribution in [0.25, 0.3) is 0 Å². The summed E-state index contributed by atoms with van der Waals surface area (Å²) in [6, 6.07) is 1.90. The van der Waals surface area contributed by atoms with Gasteiger partial charge in [-0.15, -0.1) is 0 Å². The number of aliphatic hydroxyl groups is 1. The lowest BCUT2D eigenvalue weighted by Crippen LogP contribution is -2.28. The van der Waals surface area contributed by atoms with Crippen LogP contribution >= 0.6 is 0 Å². The lowest BCUT2D eigenvalue weighted by molar-refractivity contribution is -0.137. The predicted octanol–water partition coefficient (Wildman–Crippen LogP) is 3.05. The topological polar surface area (TPSA) is 33.1 Å². The molecule has 0 fully saturated rings. The summed E-state index contributed by atoms with van der Waals surface area (Å²) in [5, 5.41) is 9.81. The molecule has 0 bridgehead atoms. The first-order valence-corrected chi connectivity index (χ1v) is 5.31. The van der Waals surface area contributed by atoms with E-state index in [0.717, 1.165) is 18.3 Å². The second-order valence-corrected chi connectivity index (χ2v) is 5.12. The Balaban J connectivity index is 2.87. The maximum absolute atomic E-state index is 12.4. The Morgan fingerprint density at radius 1 is 1.29 bits per heavy atom. The predicted molar refractivity (Wildman–Crippen MR) is 58.4 cm³/mol. The number of aliphatic hydroxyl groups excluding tert-OH is 1. The number of alkyl halides is 3. The zero-order chi connectivity index (χ0) is 13.3. The average Bonchev–Trinajstić information content (AvgIpc) is 2.15. The van der Waals surface area contributed by atoms with E-state index in [-0.39, 0.29) is 17.5 Å². The number of halogens is 3. The summed E-state index contributed by atoms with van der Waals surface area (Å²) in [6.45, 7) is 5.47. The number of hydrogen-bond acceptors (Lipinski definition) is 2. The highest BCUT2D eigenvalue weighted by molar-refractivity contribution is 5.20. The Morgan fingerprint density at radius 3 is 2.35 bits per heavy atom. The van der Waals surface area contributed by atoms with Crippen molar-refractivity contribution in [3.8, 4) is 0 Å². The zero-order valence-corrected chi connectivity index (χ0v) is 10.0. The Morgan fingerprint density at radius 2 is 1.88 bits per heavy atom. The molecule has 0 aromatic carbocycles. The summed E-state index contributed by atoms with van der Waals surface area (Å²) >= 11 is 0. The molecule has 1 rings (SSSR count). The summed E-state index contributed by atoms with van der Waals surface area (Å²) in [6.07, 6.45) is -3.86. The van der Waals surface area contributed by atoms with Crippen molar-refractivity contribution in [2.45, 2.75) is 39.5 Å². The van der Waals surface area contributed by atoms with Crippen molar-refractivity contribution in [2.24, 2.45) is 5.41 Å². The minimum absolute atomic E-state index is 0.118. The molecule has 0 aliphatic rings. The van der Waals surface area contributed by atoms with Crippen molar-refractivity contribution < 1.29 is 18.3 Å². The van der Waals surface area contributed by atoms with Crippen LogP contribution in [0.1, 0.15) is 32.0 Å². The average molecular weight is 247 g/mol. The lowest BCUT2D eigenvalue weighted by atomic mass is 9.86. The maximum atomic E-state index is 12.4. The van der Waals surface area contributed by atoms with Crippen LogP contribution in [0, 0.1) is 5.41 Å². The quantitative estimate of drug-likeness (QED) is 0.871. The molecule has 1 aromatic heterocycles. The van der Waals surface area contributed by atoms with Crippen molar-refractivity contribution >= 4 is 0 Å². The molecule has 0 aliphatic carbocycles. The van der Waals surface area contributed by atoms with Gasteiger partial charge in [-0.1, -0.05) is 20.8 Å². The van der Waals surface area contributed by atoms with Gasteiger partial charge in [0.05, 0.1) is 11.7 Å². The van der Waals surface area contributed by atoms with Crippen molar-refractivity contribution in [2.75, 3.05) is 0 Å². The third kappa shape index (κ3) is 4.00. The van der Waals surface area contributed by atoms with Gasteiger partial charge in [-0.05, 0) is 17.5 Å². The van der Waals surface area contributed by atoms with Gasteiger partial charge in [0.2, 0.25) is 0 Å². The Hall–Kier alpha value is -1.10. The van der Waals surface area contributed by atoms with Gasteiger partial charge in [0.15, 0.2) is 0 Å². The lowest BCUT2D eigenvalue weighted by Gasteiger charge is -2.25. The number of rotatable bonds is 2. The third-order valence-electron chi connectivity index (χ3n) is 2.55. The van der Waals surface area contributed by atoms with Gasteiger partial charge in [0.25, 0.3) is 0 Å². The second-order valence-electron chi connectivity index (χ2n) is 5.12. The van der Waals surface area contributed by atoms with E-state index in [1.54, 1.807) is 0 Å². The van der Waals surface area contributed by atoms with E-state index < -0.39 is 17.8 Å². The van der Waals surface area contributed by atoms with E-state index >= 15 is 0 Å². The molecule has 1 atom stereocenters. The summed E-state index contributed by atoms with van der Waals surface area (Å²) < 4.78 is 37.3. The van der Waals surface area contributed by atoms with Crippen LogP contribution in [-0.2, 0) is 12.6 Å². The van der Waals surface area contributed by atoms with Gasteiger partial charge in [-0.2, -0.15) is 13.2 Å². The molecule has 96 valence electrons. The number of nitrogens with zero attached hydrogens (tertiary/aromatic N) is 1. The molecular weight excluding hydrogens is 231 g/mol. The minimum Gasteiger partial charge on any atom is -0.392 e. The monoisotopic (exact) mass is 247 g/mol. The summed E-state index contributed by atoms with van der Waals surface area (Å²) in [5.74, 6) is 0. The summed E-state index contributed by atoms with van der Waals surface area (Å²) in [5.41, 5.74) is -0.860. The molecule has 1 unspecified atom stereocenters. The highest BCUT2D eigenvalue weighted by Gasteiger charge is 2.31. The second kappa shape index (κ2) is 4.64. The Labute approximate surface area is 98.5 Å². The van der Waals surface area contributed by atoms with Crippen molar-refractivity contribution in [1.29, 1.82) is 0 Å². The van der Waals surface area contributed by atoms with Gasteiger partial charge < -0.3 is 5.11 Å². The van der Waals surface area contributed by atoms with Crippen LogP contribution in [0.3, 0.4) is 0 Å². The maximum Gasteiger partial charge on any atom is 0.416 e. The standard InChI is InChI=1S/C12H16F3NO/c1-11(2,3)10(17)7-9-6-8(4-5-16-9)12(13,14)15/h4-6,10,17H,7H2,1-3H3. The molecule has 1 heterocycles. The molecule has 0 spiro atoms. The van der Waals surface area contributed by atoms with Crippen molar-refractivity contribution in [3.05, 3.63) is 29.6 Å². The Bertz CT molecular complexity index is 382. The van der Waals surface area contributed by atoms with Crippen LogP contribution in [0.5, 0.6) is 0 Å². The van der Waals surface area contributed by atoms with Gasteiger partial charge in [0, 0.05) is 18.3 Å². The molecular formula is C12H16F3NO. The first-order valence-electron chi connectivity index (χ1n) is 5.31. The van der Waals surface area contributed by atoms with Crippen molar-refractivity contribution in [3.63, 3.8) is 0 Å². The van der Waals surface area contributed by atoms with E-state index in [2.05, 4.69) is 4.98 Å². The van der Waals surface area contributed by atoms with E-state index in [4.69, 9.17) is 0 Å². The molecule has 0 radical (unpaired) electrons.